The topological polar surface area (TPSA) is 420 Å². The van der Waals surface area contributed by atoms with Crippen LogP contribution in [0.4, 0.5) is 11.4 Å². The van der Waals surface area contributed by atoms with Crippen molar-refractivity contribution in [2.45, 2.75) is 107 Å². The van der Waals surface area contributed by atoms with Crippen LogP contribution in [0.3, 0.4) is 0 Å². The number of ketones is 1. The number of anilines is 2. The number of allylic oxidation sites excluding steroid dienone is 1. The summed E-state index contributed by atoms with van der Waals surface area (Å²) in [6.45, 7) is 23.9. The van der Waals surface area contributed by atoms with E-state index in [1.165, 1.54) is 37.5 Å². The number of nitrogens with one attached hydrogen (secondary N) is 3. The van der Waals surface area contributed by atoms with Gasteiger partial charge in [0.1, 0.15) is 44.1 Å². The number of carbonyl (C=O) groups excluding carboxylic acids is 9. The van der Waals surface area contributed by atoms with Gasteiger partial charge in [0.2, 0.25) is 0 Å². The largest absolute Gasteiger partial charge is 0.462 e. The minimum atomic E-state index is -0.868. The summed E-state index contributed by atoms with van der Waals surface area (Å²) < 4.78 is 44.3. The van der Waals surface area contributed by atoms with Crippen molar-refractivity contribution in [3.8, 4) is 5.95 Å². The van der Waals surface area contributed by atoms with Crippen molar-refractivity contribution in [3.63, 3.8) is 0 Å². The lowest BCUT2D eigenvalue weighted by molar-refractivity contribution is -0.240. The number of hydrogen-bond acceptors (Lipinski definition) is 28. The van der Waals surface area contributed by atoms with Gasteiger partial charge in [0, 0.05) is 74.2 Å². The number of nitrogens with zero attached hydrogens (tertiary/aromatic N) is 1. The van der Waals surface area contributed by atoms with Crippen molar-refractivity contribution in [2.24, 2.45) is 0 Å². The fourth-order valence-electron chi connectivity index (χ4n) is 7.77. The number of aliphatic hydroxyl groups is 3. The van der Waals surface area contributed by atoms with Crippen LogP contribution in [-0.4, -0.2) is 215 Å². The summed E-state index contributed by atoms with van der Waals surface area (Å²) >= 11 is 0. The van der Waals surface area contributed by atoms with Crippen LogP contribution in [0.2, 0.25) is 20.5 Å². The maximum Gasteiger partial charge on any atom is 0.373 e. The number of aliphatic hydroxyl groups excluding tert-OH is 3. The SMILES string of the molecule is C=C1C=CC(=O)N1NC(=O)COCC.CB(O)c1ccc(C(=O)OC(=O)CC(C)=O)cc1.CCCOC(O)CNc1ccc(C=O)cc1.CCCOOC(=O)c1ccc(B(C)O)cc1.CCOCC(O)CNc1ccc(C=O)cc1.CCOCC(O)COc1ccco1.CCOCOC(=O)c1ccc(B(C)O)cc1. The van der Waals surface area contributed by atoms with E-state index in [0.29, 0.717) is 98.7 Å². The highest BCUT2D eigenvalue weighted by atomic mass is 17.2. The van der Waals surface area contributed by atoms with Gasteiger partial charge in [-0.05, 0) is 161 Å². The molecule has 33 heteroatoms. The van der Waals surface area contributed by atoms with Crippen molar-refractivity contribution >= 4 is 103 Å². The van der Waals surface area contributed by atoms with Crippen LogP contribution < -0.4 is 37.2 Å². The number of benzene rings is 5. The first-order chi connectivity index (χ1) is 52.2. The first-order valence-corrected chi connectivity index (χ1v) is 35.0. The number of hydrazine groups is 1. The monoisotopic (exact) mass is 1520 g/mol. The predicted molar refractivity (Wildman–Crippen MR) is 411 cm³/mol. The number of rotatable bonds is 38. The lowest BCUT2D eigenvalue weighted by Crippen LogP contribution is -2.43. The Bertz CT molecular complexity index is 3420. The number of esters is 3. The van der Waals surface area contributed by atoms with Crippen LogP contribution in [0.25, 0.3) is 0 Å². The highest BCUT2D eigenvalue weighted by Gasteiger charge is 2.21. The van der Waals surface area contributed by atoms with E-state index in [1.807, 2.05) is 34.6 Å². The molecule has 2 amide bonds. The molecule has 5 aromatic carbocycles. The van der Waals surface area contributed by atoms with Gasteiger partial charge in [0.05, 0.1) is 61.1 Å². The molecule has 0 aliphatic carbocycles. The fourth-order valence-corrected chi connectivity index (χ4v) is 7.77. The summed E-state index contributed by atoms with van der Waals surface area (Å²) in [4.78, 5) is 108. The number of ether oxygens (including phenoxy) is 8. The van der Waals surface area contributed by atoms with E-state index in [0.717, 1.165) is 52.7 Å². The van der Waals surface area contributed by atoms with Crippen LogP contribution in [0.5, 0.6) is 5.95 Å². The molecule has 0 fully saturated rings. The van der Waals surface area contributed by atoms with Crippen molar-refractivity contribution in [3.05, 3.63) is 192 Å². The summed E-state index contributed by atoms with van der Waals surface area (Å²) in [6.07, 6.45) is 5.30. The van der Waals surface area contributed by atoms with E-state index in [-0.39, 0.29) is 49.8 Å². The number of furan rings is 1. The Labute approximate surface area is 637 Å². The molecule has 6 aromatic rings. The van der Waals surface area contributed by atoms with E-state index < -0.39 is 69.5 Å². The Morgan fingerprint density at radius 3 is 1.46 bits per heavy atom. The maximum absolute atomic E-state index is 11.5. The lowest BCUT2D eigenvalue weighted by Gasteiger charge is -2.17. The quantitative estimate of drug-likeness (QED) is 0.00322. The zero-order valence-corrected chi connectivity index (χ0v) is 63.4. The van der Waals surface area contributed by atoms with Crippen LogP contribution in [0.1, 0.15) is 120 Å². The van der Waals surface area contributed by atoms with Gasteiger partial charge in [-0.3, -0.25) is 39.1 Å². The van der Waals surface area contributed by atoms with Gasteiger partial charge in [0.15, 0.2) is 13.1 Å². The maximum atomic E-state index is 11.5. The zero-order chi connectivity index (χ0) is 81.3. The van der Waals surface area contributed by atoms with E-state index in [4.69, 9.17) is 37.6 Å². The number of aldehydes is 2. The molecule has 592 valence electrons. The summed E-state index contributed by atoms with van der Waals surface area (Å²) in [7, 11) is 0. The molecule has 1 aromatic heterocycles. The molecular formula is C76H103B3N4O26. The molecule has 0 saturated carbocycles. The average molecular weight is 1520 g/mol. The summed E-state index contributed by atoms with van der Waals surface area (Å²) in [5.41, 5.74) is 9.03. The second-order valence-electron chi connectivity index (χ2n) is 22.9. The summed E-state index contributed by atoms with van der Waals surface area (Å²) in [6, 6.07) is 36.7. The second-order valence-corrected chi connectivity index (χ2v) is 22.9. The molecule has 7 rings (SSSR count). The van der Waals surface area contributed by atoms with Gasteiger partial charge in [-0.25, -0.2) is 19.4 Å². The highest BCUT2D eigenvalue weighted by Crippen LogP contribution is 2.13. The molecule has 3 unspecified atom stereocenters. The molecule has 0 spiro atoms. The smallest absolute Gasteiger partial charge is 0.373 e. The molecule has 9 N–H and O–H groups in total. The molecule has 1 aliphatic heterocycles. The van der Waals surface area contributed by atoms with Crippen molar-refractivity contribution in [2.75, 3.05) is 96.6 Å². The van der Waals surface area contributed by atoms with Crippen LogP contribution in [-0.2, 0) is 62.1 Å². The predicted octanol–water partition coefficient (Wildman–Crippen LogP) is 5.82. The van der Waals surface area contributed by atoms with Crippen molar-refractivity contribution in [1.82, 2.24) is 10.4 Å². The Kier molecular flexibility index (Phi) is 52.5. The first-order valence-electron chi connectivity index (χ1n) is 35.0. The molecule has 3 atom stereocenters. The molecule has 0 bridgehead atoms. The fraction of sp³-hybridized carbons (Fsp3) is 0.382. The van der Waals surface area contributed by atoms with Crippen LogP contribution >= 0.6 is 0 Å². The average Bonchev–Trinajstić information content (AvgIpc) is 1.83. The molecule has 0 saturated heterocycles. The molecule has 30 nitrogen and oxygen atoms in total. The van der Waals surface area contributed by atoms with Crippen molar-refractivity contribution < 1.29 is 126 Å². The number of hydrogen-bond donors (Lipinski definition) is 9. The second kappa shape index (κ2) is 59.0. The minimum absolute atomic E-state index is 0.0342. The molecule has 109 heavy (non-hydrogen) atoms. The van der Waals surface area contributed by atoms with E-state index in [2.05, 4.69) is 37.2 Å². The van der Waals surface area contributed by atoms with Gasteiger partial charge in [-0.1, -0.05) is 77.3 Å². The first kappa shape index (κ1) is 97.0. The van der Waals surface area contributed by atoms with Gasteiger partial charge < -0.3 is 83.3 Å². The van der Waals surface area contributed by atoms with Gasteiger partial charge in [-0.15, -0.1) is 0 Å². The minimum Gasteiger partial charge on any atom is -0.462 e. The third-order valence-corrected chi connectivity index (χ3v) is 13.6. The number of Topliss-reactive ketones (excluding diaryl/α,β-unsaturated/α-hetero) is 1. The lowest BCUT2D eigenvalue weighted by atomic mass is 9.64. The molecule has 0 radical (unpaired) electrons. The van der Waals surface area contributed by atoms with Gasteiger partial charge in [0.25, 0.3) is 17.8 Å². The zero-order valence-electron chi connectivity index (χ0n) is 63.4. The normalized spacial score (nSPS) is 11.5. The van der Waals surface area contributed by atoms with E-state index in [1.54, 1.807) is 149 Å². The standard InChI is InChI=1S/C12H13BO5.2C12H17NO3.2C11H15BO4.C9H12N2O3.C9H14O4/c1-8(14)7-11(15)18-12(16)9-3-5-10(6-4-9)13(2)17;1-2-16-9-12(15)7-13-11-5-3-10(8-14)4-6-11;1-2-7-16-12(15)8-13-11-5-3-10(9-14)4-6-11;1-3-15-8-16-11(13)9-4-6-10(7-5-9)12(2)14;1-3-8-15-16-11(13)9-4-6-10(7-5-9)12(2)14;1-3-14-6-8(12)10-11-7(2)4-5-9(11)13;1-2-11-6-8(10)7-13-9-4-3-5-12-9/h3-6,17H,7H2,1-2H3;3-6,8,12-13,15H,2,7,9H2,1H3;3-6,9,12-13,15H,2,7-8H2,1H3;2*4-7,14H,3,8H2,1-2H3;4-5H,2-3,6H2,1H3,(H,10,12);3-5,8,10H,2,6-7H2,1H3. The van der Waals surface area contributed by atoms with Gasteiger partial charge >= 0.3 is 44.6 Å². The Morgan fingerprint density at radius 1 is 0.569 bits per heavy atom. The summed E-state index contributed by atoms with van der Waals surface area (Å²) in [5, 5.41) is 63.2. The van der Waals surface area contributed by atoms with E-state index in [9.17, 15) is 73.5 Å². The Balaban J connectivity index is 0.000000637. The molecular weight excluding hydrogens is 1420 g/mol. The van der Waals surface area contributed by atoms with E-state index >= 15 is 0 Å². The van der Waals surface area contributed by atoms with Gasteiger partial charge in [-0.2, -0.15) is 4.89 Å². The Morgan fingerprint density at radius 2 is 1.04 bits per heavy atom. The number of carbonyl (C=O) groups is 9. The third kappa shape index (κ3) is 45.4. The third-order valence-electron chi connectivity index (χ3n) is 13.6. The van der Waals surface area contributed by atoms with Crippen LogP contribution in [0.15, 0.2) is 169 Å². The number of amides is 2. The summed E-state index contributed by atoms with van der Waals surface area (Å²) in [5.74, 6) is -3.25. The molecule has 2 heterocycles. The molecule has 1 aliphatic rings. The Hall–Kier alpha value is -10.00. The van der Waals surface area contributed by atoms with Crippen molar-refractivity contribution in [1.29, 1.82) is 0 Å². The van der Waals surface area contributed by atoms with Crippen LogP contribution in [0, 0.1) is 0 Å². The highest BCUT2D eigenvalue weighted by molar-refractivity contribution is 6.65.